The van der Waals surface area contributed by atoms with Crippen LogP contribution in [0.5, 0.6) is 5.75 Å². The van der Waals surface area contributed by atoms with Crippen LogP contribution in [0.2, 0.25) is 0 Å². The van der Waals surface area contributed by atoms with Crippen LogP contribution in [0.25, 0.3) is 0 Å². The average molecular weight is 358 g/mol. The number of rotatable bonds is 10. The molecule has 21 heavy (non-hydrogen) atoms. The van der Waals surface area contributed by atoms with Gasteiger partial charge in [-0.25, -0.2) is 0 Å². The number of aliphatic carboxylic acids is 1. The number of hydrogen-bond donors (Lipinski definition) is 2. The van der Waals surface area contributed by atoms with E-state index in [1.165, 1.54) is 0 Å². The van der Waals surface area contributed by atoms with E-state index in [4.69, 9.17) is 9.84 Å². The Morgan fingerprint density at radius 3 is 2.57 bits per heavy atom. The van der Waals surface area contributed by atoms with Crippen molar-refractivity contribution in [1.29, 1.82) is 0 Å². The van der Waals surface area contributed by atoms with Crippen molar-refractivity contribution < 1.29 is 19.4 Å². The minimum Gasteiger partial charge on any atom is -0.483 e. The molecule has 0 atom stereocenters. The van der Waals surface area contributed by atoms with E-state index in [9.17, 15) is 9.59 Å². The van der Waals surface area contributed by atoms with Crippen LogP contribution in [0, 0.1) is 0 Å². The summed E-state index contributed by atoms with van der Waals surface area (Å²) in [5.74, 6) is -0.273. The molecular formula is C15H20BrNO4. The predicted octanol–water partition coefficient (Wildman–Crippen LogP) is 2.98. The van der Waals surface area contributed by atoms with Crippen molar-refractivity contribution >= 4 is 27.8 Å². The molecule has 2 N–H and O–H groups in total. The zero-order valence-corrected chi connectivity index (χ0v) is 13.4. The number of nitrogens with one attached hydrogen (secondary N) is 1. The highest BCUT2D eigenvalue weighted by molar-refractivity contribution is 9.10. The Labute approximate surface area is 132 Å². The summed E-state index contributed by atoms with van der Waals surface area (Å²) in [7, 11) is 0. The number of para-hydroxylation sites is 1. The van der Waals surface area contributed by atoms with Gasteiger partial charge in [-0.15, -0.1) is 0 Å². The van der Waals surface area contributed by atoms with Gasteiger partial charge in [0.15, 0.2) is 6.61 Å². The number of carbonyl (C=O) groups is 2. The second-order valence-corrected chi connectivity index (χ2v) is 5.48. The normalized spacial score (nSPS) is 10.1. The number of amides is 1. The summed E-state index contributed by atoms with van der Waals surface area (Å²) in [5.41, 5.74) is 0. The molecule has 0 spiro atoms. The van der Waals surface area contributed by atoms with E-state index in [0.717, 1.165) is 23.7 Å². The van der Waals surface area contributed by atoms with Gasteiger partial charge in [0.1, 0.15) is 5.75 Å². The van der Waals surface area contributed by atoms with E-state index >= 15 is 0 Å². The maximum absolute atomic E-state index is 11.6. The largest absolute Gasteiger partial charge is 0.483 e. The monoisotopic (exact) mass is 357 g/mol. The van der Waals surface area contributed by atoms with E-state index in [1.54, 1.807) is 6.07 Å². The molecule has 0 aliphatic rings. The number of carboxylic acids is 1. The number of halogens is 1. The lowest BCUT2D eigenvalue weighted by molar-refractivity contribution is -0.137. The van der Waals surface area contributed by atoms with Gasteiger partial charge in [0, 0.05) is 13.0 Å². The van der Waals surface area contributed by atoms with Gasteiger partial charge in [0.25, 0.3) is 5.91 Å². The van der Waals surface area contributed by atoms with Crippen LogP contribution in [-0.2, 0) is 9.59 Å². The van der Waals surface area contributed by atoms with Gasteiger partial charge < -0.3 is 15.2 Å². The van der Waals surface area contributed by atoms with E-state index in [1.807, 2.05) is 18.2 Å². The minimum atomic E-state index is -0.757. The first kappa shape index (κ1) is 17.5. The quantitative estimate of drug-likeness (QED) is 0.631. The zero-order valence-electron chi connectivity index (χ0n) is 11.8. The average Bonchev–Trinajstić information content (AvgIpc) is 2.45. The Bertz CT molecular complexity index is 465. The SMILES string of the molecule is O=C(O)CCCCCCNC(=O)COc1ccccc1Br. The molecule has 0 radical (unpaired) electrons. The van der Waals surface area contributed by atoms with Crippen molar-refractivity contribution in [2.45, 2.75) is 32.1 Å². The molecule has 1 amide bonds. The minimum absolute atomic E-state index is 0.0123. The summed E-state index contributed by atoms with van der Waals surface area (Å²) in [4.78, 5) is 21.9. The van der Waals surface area contributed by atoms with Crippen molar-refractivity contribution in [2.75, 3.05) is 13.2 Å². The molecule has 5 nitrogen and oxygen atoms in total. The summed E-state index contributed by atoms with van der Waals surface area (Å²) < 4.78 is 6.21. The van der Waals surface area contributed by atoms with E-state index in [-0.39, 0.29) is 18.9 Å². The molecule has 0 aliphatic carbocycles. The summed E-state index contributed by atoms with van der Waals surface area (Å²) >= 11 is 3.35. The lowest BCUT2D eigenvalue weighted by Crippen LogP contribution is -2.29. The molecule has 0 saturated carbocycles. The maximum atomic E-state index is 11.6. The molecule has 0 aromatic heterocycles. The van der Waals surface area contributed by atoms with Crippen LogP contribution >= 0.6 is 15.9 Å². The van der Waals surface area contributed by atoms with Gasteiger partial charge >= 0.3 is 5.97 Å². The Morgan fingerprint density at radius 1 is 1.14 bits per heavy atom. The van der Waals surface area contributed by atoms with Crippen molar-refractivity contribution in [3.8, 4) is 5.75 Å². The topological polar surface area (TPSA) is 75.6 Å². The van der Waals surface area contributed by atoms with Crippen LogP contribution in [0.15, 0.2) is 28.7 Å². The van der Waals surface area contributed by atoms with Crippen molar-refractivity contribution in [1.82, 2.24) is 5.32 Å². The first-order chi connectivity index (χ1) is 10.1. The lowest BCUT2D eigenvalue weighted by atomic mass is 10.1. The summed E-state index contributed by atoms with van der Waals surface area (Å²) in [6.45, 7) is 0.576. The van der Waals surface area contributed by atoms with E-state index in [0.29, 0.717) is 18.7 Å². The molecule has 1 rings (SSSR count). The molecule has 0 bridgehead atoms. The van der Waals surface area contributed by atoms with Gasteiger partial charge in [-0.3, -0.25) is 9.59 Å². The Hall–Kier alpha value is -1.56. The molecule has 0 unspecified atom stereocenters. The molecule has 116 valence electrons. The van der Waals surface area contributed by atoms with Gasteiger partial charge in [0.2, 0.25) is 0 Å². The smallest absolute Gasteiger partial charge is 0.303 e. The molecule has 0 heterocycles. The van der Waals surface area contributed by atoms with Crippen molar-refractivity contribution in [2.24, 2.45) is 0 Å². The summed E-state index contributed by atoms with van der Waals surface area (Å²) in [5, 5.41) is 11.3. The fraction of sp³-hybridized carbons (Fsp3) is 0.467. The van der Waals surface area contributed by atoms with Crippen LogP contribution in [0.1, 0.15) is 32.1 Å². The predicted molar refractivity (Wildman–Crippen MR) is 83.4 cm³/mol. The molecule has 6 heteroatoms. The molecule has 0 saturated heterocycles. The first-order valence-corrected chi connectivity index (χ1v) is 7.74. The second kappa shape index (κ2) is 10.2. The molecule has 1 aromatic rings. The maximum Gasteiger partial charge on any atom is 0.303 e. The number of ether oxygens (including phenoxy) is 1. The number of carboxylic acid groups (broad SMARTS) is 1. The fourth-order valence-electron chi connectivity index (χ4n) is 1.74. The second-order valence-electron chi connectivity index (χ2n) is 4.63. The fourth-order valence-corrected chi connectivity index (χ4v) is 2.14. The highest BCUT2D eigenvalue weighted by atomic mass is 79.9. The van der Waals surface area contributed by atoms with Crippen LogP contribution in [0.3, 0.4) is 0 Å². The Morgan fingerprint density at radius 2 is 1.86 bits per heavy atom. The molecular weight excluding hydrogens is 338 g/mol. The molecule has 0 fully saturated rings. The standard InChI is InChI=1S/C15H20BrNO4/c16-12-7-4-5-8-13(12)21-11-14(18)17-10-6-2-1-3-9-15(19)20/h4-5,7-8H,1-3,6,9-11H2,(H,17,18)(H,19,20). The number of unbranched alkanes of at least 4 members (excludes halogenated alkanes) is 3. The van der Waals surface area contributed by atoms with Crippen molar-refractivity contribution in [3.05, 3.63) is 28.7 Å². The molecule has 0 aliphatic heterocycles. The zero-order chi connectivity index (χ0) is 15.5. The lowest BCUT2D eigenvalue weighted by Gasteiger charge is -2.08. The Balaban J connectivity index is 2.04. The third-order valence-corrected chi connectivity index (χ3v) is 3.49. The van der Waals surface area contributed by atoms with E-state index in [2.05, 4.69) is 21.2 Å². The highest BCUT2D eigenvalue weighted by Gasteiger charge is 2.04. The van der Waals surface area contributed by atoms with Gasteiger partial charge in [-0.05, 0) is 40.9 Å². The number of hydrogen-bond acceptors (Lipinski definition) is 3. The van der Waals surface area contributed by atoms with Crippen molar-refractivity contribution in [3.63, 3.8) is 0 Å². The van der Waals surface area contributed by atoms with Crippen LogP contribution < -0.4 is 10.1 Å². The number of benzene rings is 1. The highest BCUT2D eigenvalue weighted by Crippen LogP contribution is 2.23. The first-order valence-electron chi connectivity index (χ1n) is 6.95. The van der Waals surface area contributed by atoms with Gasteiger partial charge in [0.05, 0.1) is 4.47 Å². The van der Waals surface area contributed by atoms with Crippen LogP contribution in [0.4, 0.5) is 0 Å². The van der Waals surface area contributed by atoms with E-state index < -0.39 is 5.97 Å². The van der Waals surface area contributed by atoms with Gasteiger partial charge in [-0.1, -0.05) is 25.0 Å². The van der Waals surface area contributed by atoms with Gasteiger partial charge in [-0.2, -0.15) is 0 Å². The molecule has 1 aromatic carbocycles. The van der Waals surface area contributed by atoms with Crippen LogP contribution in [-0.4, -0.2) is 30.1 Å². The third kappa shape index (κ3) is 8.34. The summed E-state index contributed by atoms with van der Waals surface area (Å²) in [6.07, 6.45) is 3.54. The third-order valence-electron chi connectivity index (χ3n) is 2.84. The summed E-state index contributed by atoms with van der Waals surface area (Å²) in [6, 6.07) is 7.36. The number of carbonyl (C=O) groups excluding carboxylic acids is 1. The Kier molecular flexibility index (Phi) is 8.50.